The van der Waals surface area contributed by atoms with Crippen LogP contribution < -0.4 is 10.3 Å². The van der Waals surface area contributed by atoms with E-state index in [0.29, 0.717) is 38.3 Å². The number of aromatic nitrogens is 5. The third-order valence-electron chi connectivity index (χ3n) is 4.96. The summed E-state index contributed by atoms with van der Waals surface area (Å²) < 4.78 is 12.2. The molecule has 0 saturated carbocycles. The number of thiophene rings is 1. The van der Waals surface area contributed by atoms with Gasteiger partial charge in [-0.1, -0.05) is 6.07 Å². The van der Waals surface area contributed by atoms with Crippen LogP contribution in [-0.4, -0.2) is 50.9 Å². The lowest BCUT2D eigenvalue weighted by Gasteiger charge is -2.21. The molecule has 0 unspecified atom stereocenters. The minimum Gasteiger partial charge on any atom is -0.497 e. The van der Waals surface area contributed by atoms with Gasteiger partial charge in [-0.2, -0.15) is 0 Å². The van der Waals surface area contributed by atoms with E-state index >= 15 is 0 Å². The van der Waals surface area contributed by atoms with Crippen molar-refractivity contribution in [2.24, 2.45) is 0 Å². The number of ether oxygens (including phenoxy) is 2. The number of rotatable bonds is 10. The number of hydrogen-bond donors (Lipinski definition) is 1. The van der Waals surface area contributed by atoms with E-state index in [0.717, 1.165) is 22.5 Å². The summed E-state index contributed by atoms with van der Waals surface area (Å²) in [4.78, 5) is 19.1. The van der Waals surface area contributed by atoms with Crippen LogP contribution in [0, 0.1) is 0 Å². The number of H-pyrrole nitrogens is 1. The highest BCUT2D eigenvalue weighted by molar-refractivity contribution is 7.09. The smallest absolute Gasteiger partial charge is 0.252 e. The number of methoxy groups -OCH3 is 2. The largest absolute Gasteiger partial charge is 0.497 e. The molecule has 0 fully saturated rings. The summed E-state index contributed by atoms with van der Waals surface area (Å²) in [7, 11) is 3.28. The van der Waals surface area contributed by atoms with Crippen molar-refractivity contribution in [1.29, 1.82) is 0 Å². The van der Waals surface area contributed by atoms with Gasteiger partial charge in [0.25, 0.3) is 5.56 Å². The second-order valence-corrected chi connectivity index (χ2v) is 8.14. The van der Waals surface area contributed by atoms with Crippen molar-refractivity contribution in [2.75, 3.05) is 20.8 Å². The van der Waals surface area contributed by atoms with E-state index in [1.54, 1.807) is 30.2 Å². The molecule has 0 spiro atoms. The van der Waals surface area contributed by atoms with Gasteiger partial charge in [-0.3, -0.25) is 9.69 Å². The molecule has 9 nitrogen and oxygen atoms in total. The van der Waals surface area contributed by atoms with Crippen molar-refractivity contribution in [3.05, 3.63) is 68.4 Å². The van der Waals surface area contributed by atoms with Gasteiger partial charge in [0.2, 0.25) is 0 Å². The molecule has 0 aliphatic rings. The molecule has 3 heterocycles. The number of nitrogens with one attached hydrogen (secondary N) is 1. The Labute approximate surface area is 183 Å². The van der Waals surface area contributed by atoms with Gasteiger partial charge in [-0.05, 0) is 46.1 Å². The quantitative estimate of drug-likeness (QED) is 0.404. The molecule has 0 saturated heterocycles. The Kier molecular flexibility index (Phi) is 6.70. The summed E-state index contributed by atoms with van der Waals surface area (Å²) >= 11 is 1.68. The lowest BCUT2D eigenvalue weighted by molar-refractivity contribution is 0.177. The van der Waals surface area contributed by atoms with E-state index in [4.69, 9.17) is 9.47 Å². The molecule has 0 aliphatic carbocycles. The average molecular weight is 441 g/mol. The minimum absolute atomic E-state index is 0.104. The number of benzene rings is 1. The van der Waals surface area contributed by atoms with Crippen LogP contribution in [0.2, 0.25) is 0 Å². The molecule has 4 aromatic rings. The highest BCUT2D eigenvalue weighted by atomic mass is 32.1. The summed E-state index contributed by atoms with van der Waals surface area (Å²) in [5, 5.41) is 15.0. The maximum absolute atomic E-state index is 12.8. The fourth-order valence-electron chi connectivity index (χ4n) is 3.39. The van der Waals surface area contributed by atoms with Crippen molar-refractivity contribution in [3.63, 3.8) is 0 Å². The molecule has 162 valence electrons. The zero-order valence-electron chi connectivity index (χ0n) is 17.4. The number of aromatic amines is 1. The summed E-state index contributed by atoms with van der Waals surface area (Å²) in [6.45, 7) is 2.74. The molecule has 1 N–H and O–H groups in total. The average Bonchev–Trinajstić information content (AvgIpc) is 3.44. The van der Waals surface area contributed by atoms with E-state index in [-0.39, 0.29) is 5.56 Å². The Morgan fingerprint density at radius 3 is 2.84 bits per heavy atom. The van der Waals surface area contributed by atoms with Gasteiger partial charge in [-0.15, -0.1) is 16.4 Å². The van der Waals surface area contributed by atoms with Crippen LogP contribution in [0.25, 0.3) is 10.9 Å². The summed E-state index contributed by atoms with van der Waals surface area (Å²) in [6.07, 6.45) is 0. The zero-order valence-corrected chi connectivity index (χ0v) is 18.3. The number of hydrogen-bond acceptors (Lipinski definition) is 8. The number of tetrazole rings is 1. The predicted molar refractivity (Wildman–Crippen MR) is 118 cm³/mol. The first-order chi connectivity index (χ1) is 15.2. The van der Waals surface area contributed by atoms with Crippen LogP contribution >= 0.6 is 11.3 Å². The van der Waals surface area contributed by atoms with Crippen molar-refractivity contribution in [2.45, 2.75) is 26.2 Å². The maximum Gasteiger partial charge on any atom is 0.252 e. The highest BCUT2D eigenvalue weighted by Crippen LogP contribution is 2.20. The molecule has 1 aromatic carbocycles. The first kappa shape index (κ1) is 21.2. The van der Waals surface area contributed by atoms with Crippen LogP contribution in [0.15, 0.2) is 46.6 Å². The number of pyridine rings is 1. The first-order valence-electron chi connectivity index (χ1n) is 9.85. The Morgan fingerprint density at radius 1 is 1.16 bits per heavy atom. The van der Waals surface area contributed by atoms with E-state index in [9.17, 15) is 4.79 Å². The number of nitrogens with zero attached hydrogens (tertiary/aromatic N) is 5. The Balaban J connectivity index is 1.62. The molecule has 10 heteroatoms. The third kappa shape index (κ3) is 5.16. The Morgan fingerprint density at radius 2 is 2.06 bits per heavy atom. The van der Waals surface area contributed by atoms with Crippen LogP contribution in [0.5, 0.6) is 5.75 Å². The fraction of sp³-hybridized carbons (Fsp3) is 0.333. The van der Waals surface area contributed by atoms with Gasteiger partial charge in [0, 0.05) is 41.5 Å². The van der Waals surface area contributed by atoms with E-state index in [1.807, 2.05) is 35.7 Å². The summed E-state index contributed by atoms with van der Waals surface area (Å²) in [5.74, 6) is 1.48. The normalized spacial score (nSPS) is 11.5. The van der Waals surface area contributed by atoms with Gasteiger partial charge >= 0.3 is 0 Å². The standard InChI is InChI=1S/C21H24N6O3S/c1-29-8-7-27-20(23-24-25-27)14-26(13-18-4-3-9-31-18)12-16-10-15-11-17(30-2)5-6-19(15)22-21(16)28/h3-6,9-11H,7-8,12-14H2,1-2H3,(H,22,28). The van der Waals surface area contributed by atoms with Crippen molar-refractivity contribution in [3.8, 4) is 5.75 Å². The Hall–Kier alpha value is -3.08. The molecular formula is C21H24N6O3S. The predicted octanol–water partition coefficient (Wildman–Crippen LogP) is 2.43. The van der Waals surface area contributed by atoms with Crippen LogP contribution in [-0.2, 0) is 30.9 Å². The van der Waals surface area contributed by atoms with Gasteiger partial charge < -0.3 is 14.5 Å². The number of fused-ring (bicyclic) bond motifs is 1. The molecule has 4 rings (SSSR count). The van der Waals surface area contributed by atoms with E-state index in [2.05, 4.69) is 31.5 Å². The molecule has 0 aliphatic heterocycles. The first-order valence-corrected chi connectivity index (χ1v) is 10.7. The van der Waals surface area contributed by atoms with Crippen molar-refractivity contribution >= 4 is 22.2 Å². The topological polar surface area (TPSA) is 98.2 Å². The van der Waals surface area contributed by atoms with Gasteiger partial charge in [0.15, 0.2) is 5.82 Å². The molecule has 0 atom stereocenters. The van der Waals surface area contributed by atoms with E-state index in [1.165, 1.54) is 4.88 Å². The zero-order chi connectivity index (χ0) is 21.6. The van der Waals surface area contributed by atoms with Gasteiger partial charge in [0.05, 0.1) is 26.8 Å². The molecular weight excluding hydrogens is 416 g/mol. The minimum atomic E-state index is -0.104. The molecule has 3 aromatic heterocycles. The second kappa shape index (κ2) is 9.82. The SMILES string of the molecule is COCCn1nnnc1CN(Cc1cccs1)Cc1cc2cc(OC)ccc2[nH]c1=O. The summed E-state index contributed by atoms with van der Waals surface area (Å²) in [5.41, 5.74) is 1.35. The monoisotopic (exact) mass is 440 g/mol. The maximum atomic E-state index is 12.8. The van der Waals surface area contributed by atoms with Crippen molar-refractivity contribution in [1.82, 2.24) is 30.1 Å². The van der Waals surface area contributed by atoms with Gasteiger partial charge in [-0.25, -0.2) is 4.68 Å². The fourth-order valence-corrected chi connectivity index (χ4v) is 4.14. The van der Waals surface area contributed by atoms with Crippen molar-refractivity contribution < 1.29 is 9.47 Å². The third-order valence-corrected chi connectivity index (χ3v) is 5.82. The lowest BCUT2D eigenvalue weighted by atomic mass is 10.1. The lowest BCUT2D eigenvalue weighted by Crippen LogP contribution is -2.28. The van der Waals surface area contributed by atoms with Gasteiger partial charge in [0.1, 0.15) is 5.75 Å². The molecule has 31 heavy (non-hydrogen) atoms. The van der Waals surface area contributed by atoms with Crippen LogP contribution in [0.1, 0.15) is 16.3 Å². The molecule has 0 amide bonds. The summed E-state index contributed by atoms with van der Waals surface area (Å²) in [6, 6.07) is 11.6. The second-order valence-electron chi connectivity index (χ2n) is 7.11. The van der Waals surface area contributed by atoms with Crippen LogP contribution in [0.4, 0.5) is 0 Å². The van der Waals surface area contributed by atoms with Crippen LogP contribution in [0.3, 0.4) is 0 Å². The highest BCUT2D eigenvalue weighted by Gasteiger charge is 2.16. The van der Waals surface area contributed by atoms with E-state index < -0.39 is 0 Å². The molecule has 0 radical (unpaired) electrons. The Bertz CT molecular complexity index is 1190. The molecule has 0 bridgehead atoms.